The average molecular weight is 259 g/mol. The average Bonchev–Trinajstić information content (AvgIpc) is 2.47. The van der Waals surface area contributed by atoms with Gasteiger partial charge in [0, 0.05) is 12.5 Å². The molecule has 0 saturated heterocycles. The number of benzene rings is 1. The van der Waals surface area contributed by atoms with Crippen LogP contribution in [-0.2, 0) is 0 Å². The zero-order valence-corrected chi connectivity index (χ0v) is 11.4. The summed E-state index contributed by atoms with van der Waals surface area (Å²) >= 11 is 0. The lowest BCUT2D eigenvalue weighted by molar-refractivity contribution is 0.171. The number of hydrogen-bond acceptors (Lipinski definition) is 3. The SMILES string of the molecule is C#CCCC(NCCC)c1ccc2c(c1)OCCO2. The van der Waals surface area contributed by atoms with E-state index in [-0.39, 0.29) is 6.04 Å². The van der Waals surface area contributed by atoms with Crippen LogP contribution >= 0.6 is 0 Å². The monoisotopic (exact) mass is 259 g/mol. The molecule has 1 unspecified atom stereocenters. The molecule has 1 aromatic carbocycles. The first-order valence-electron chi connectivity index (χ1n) is 6.91. The first-order chi connectivity index (χ1) is 9.35. The summed E-state index contributed by atoms with van der Waals surface area (Å²) in [6.45, 7) is 4.40. The molecule has 0 saturated carbocycles. The van der Waals surface area contributed by atoms with Crippen molar-refractivity contribution in [3.05, 3.63) is 23.8 Å². The first kappa shape index (κ1) is 13.8. The minimum atomic E-state index is 0.284. The van der Waals surface area contributed by atoms with Gasteiger partial charge in [-0.3, -0.25) is 0 Å². The van der Waals surface area contributed by atoms with Crippen LogP contribution < -0.4 is 14.8 Å². The van der Waals surface area contributed by atoms with Crippen LogP contribution in [0.3, 0.4) is 0 Å². The van der Waals surface area contributed by atoms with Gasteiger partial charge in [-0.2, -0.15) is 0 Å². The topological polar surface area (TPSA) is 30.5 Å². The lowest BCUT2D eigenvalue weighted by atomic mass is 10.0. The highest BCUT2D eigenvalue weighted by Gasteiger charge is 2.16. The van der Waals surface area contributed by atoms with E-state index in [0.717, 1.165) is 37.3 Å². The molecule has 0 amide bonds. The highest BCUT2D eigenvalue weighted by molar-refractivity contribution is 5.44. The van der Waals surface area contributed by atoms with Gasteiger partial charge in [0.15, 0.2) is 11.5 Å². The standard InChI is InChI=1S/C16H21NO2/c1-3-5-6-14(17-9-4-2)13-7-8-15-16(12-13)19-11-10-18-15/h1,7-8,12,14,17H,4-6,9-11H2,2H3. The Balaban J connectivity index is 2.13. The Morgan fingerprint density at radius 1 is 1.32 bits per heavy atom. The van der Waals surface area contributed by atoms with E-state index in [1.165, 1.54) is 5.56 Å². The smallest absolute Gasteiger partial charge is 0.161 e. The van der Waals surface area contributed by atoms with E-state index >= 15 is 0 Å². The minimum Gasteiger partial charge on any atom is -0.486 e. The Kier molecular flexibility index (Phi) is 5.11. The fourth-order valence-electron chi connectivity index (χ4n) is 2.21. The van der Waals surface area contributed by atoms with Gasteiger partial charge in [0.05, 0.1) is 0 Å². The van der Waals surface area contributed by atoms with Crippen molar-refractivity contribution in [1.82, 2.24) is 5.32 Å². The van der Waals surface area contributed by atoms with Crippen LogP contribution in [0.2, 0.25) is 0 Å². The van der Waals surface area contributed by atoms with Gasteiger partial charge < -0.3 is 14.8 Å². The molecule has 0 radical (unpaired) electrons. The quantitative estimate of drug-likeness (QED) is 0.797. The van der Waals surface area contributed by atoms with Crippen LogP contribution in [0.25, 0.3) is 0 Å². The van der Waals surface area contributed by atoms with Gasteiger partial charge in [-0.25, -0.2) is 0 Å². The maximum absolute atomic E-state index is 5.63. The molecule has 0 spiro atoms. The number of rotatable bonds is 6. The fraction of sp³-hybridized carbons (Fsp3) is 0.500. The summed E-state index contributed by atoms with van der Waals surface area (Å²) in [5, 5.41) is 3.54. The zero-order valence-electron chi connectivity index (χ0n) is 11.4. The van der Waals surface area contributed by atoms with Gasteiger partial charge in [-0.05, 0) is 37.1 Å². The van der Waals surface area contributed by atoms with Crippen molar-refractivity contribution in [1.29, 1.82) is 0 Å². The number of fused-ring (bicyclic) bond motifs is 1. The highest BCUT2D eigenvalue weighted by Crippen LogP contribution is 2.33. The summed E-state index contributed by atoms with van der Waals surface area (Å²) in [4.78, 5) is 0. The fourth-order valence-corrected chi connectivity index (χ4v) is 2.21. The molecule has 1 aliphatic heterocycles. The Morgan fingerprint density at radius 2 is 2.11 bits per heavy atom. The molecular formula is C16H21NO2. The molecule has 2 rings (SSSR count). The molecule has 102 valence electrons. The van der Waals surface area contributed by atoms with Crippen LogP contribution in [0.15, 0.2) is 18.2 Å². The summed E-state index contributed by atoms with van der Waals surface area (Å²) in [6.07, 6.45) is 8.19. The molecule has 0 bridgehead atoms. The van der Waals surface area contributed by atoms with E-state index in [4.69, 9.17) is 15.9 Å². The molecule has 0 fully saturated rings. The maximum atomic E-state index is 5.63. The molecule has 1 aliphatic rings. The van der Waals surface area contributed by atoms with E-state index in [9.17, 15) is 0 Å². The van der Waals surface area contributed by atoms with Gasteiger partial charge in [0.25, 0.3) is 0 Å². The van der Waals surface area contributed by atoms with Gasteiger partial charge in [-0.1, -0.05) is 13.0 Å². The van der Waals surface area contributed by atoms with Crippen molar-refractivity contribution in [3.8, 4) is 23.8 Å². The van der Waals surface area contributed by atoms with E-state index in [1.54, 1.807) is 0 Å². The summed E-state index contributed by atoms with van der Waals surface area (Å²) in [6, 6.07) is 6.43. The van der Waals surface area contributed by atoms with E-state index in [2.05, 4.69) is 30.3 Å². The van der Waals surface area contributed by atoms with Gasteiger partial charge >= 0.3 is 0 Å². The van der Waals surface area contributed by atoms with Crippen molar-refractivity contribution in [2.75, 3.05) is 19.8 Å². The molecule has 19 heavy (non-hydrogen) atoms. The molecule has 1 heterocycles. The summed E-state index contributed by atoms with van der Waals surface area (Å²) < 4.78 is 11.2. The Labute approximate surface area is 115 Å². The highest BCUT2D eigenvalue weighted by atomic mass is 16.6. The lowest BCUT2D eigenvalue weighted by Crippen LogP contribution is -2.22. The maximum Gasteiger partial charge on any atom is 0.161 e. The van der Waals surface area contributed by atoms with E-state index in [1.807, 2.05) is 6.07 Å². The van der Waals surface area contributed by atoms with Gasteiger partial charge in [0.2, 0.25) is 0 Å². The predicted octanol–water partition coefficient (Wildman–Crippen LogP) is 2.91. The van der Waals surface area contributed by atoms with E-state index < -0.39 is 0 Å². The van der Waals surface area contributed by atoms with E-state index in [0.29, 0.717) is 13.2 Å². The molecule has 1 atom stereocenters. The van der Waals surface area contributed by atoms with Crippen molar-refractivity contribution in [2.45, 2.75) is 32.2 Å². The summed E-state index contributed by atoms with van der Waals surface area (Å²) in [7, 11) is 0. The van der Waals surface area contributed by atoms with Crippen LogP contribution in [0.5, 0.6) is 11.5 Å². The minimum absolute atomic E-state index is 0.284. The van der Waals surface area contributed by atoms with Gasteiger partial charge in [0.1, 0.15) is 13.2 Å². The van der Waals surface area contributed by atoms with Crippen LogP contribution in [0, 0.1) is 12.3 Å². The number of terminal acetylenes is 1. The van der Waals surface area contributed by atoms with Crippen molar-refractivity contribution < 1.29 is 9.47 Å². The number of ether oxygens (including phenoxy) is 2. The molecular weight excluding hydrogens is 238 g/mol. The first-order valence-corrected chi connectivity index (χ1v) is 6.91. The second kappa shape index (κ2) is 7.06. The van der Waals surface area contributed by atoms with Crippen LogP contribution in [0.1, 0.15) is 37.8 Å². The molecule has 1 N–H and O–H groups in total. The number of nitrogens with one attached hydrogen (secondary N) is 1. The molecule has 0 aliphatic carbocycles. The summed E-state index contributed by atoms with van der Waals surface area (Å²) in [5.74, 6) is 4.39. The summed E-state index contributed by atoms with van der Waals surface area (Å²) in [5.41, 5.74) is 1.22. The third-order valence-electron chi connectivity index (χ3n) is 3.19. The number of hydrogen-bond donors (Lipinski definition) is 1. The zero-order chi connectivity index (χ0) is 13.5. The molecule has 3 heteroatoms. The largest absolute Gasteiger partial charge is 0.486 e. The Morgan fingerprint density at radius 3 is 2.84 bits per heavy atom. The second-order valence-corrected chi connectivity index (χ2v) is 4.65. The molecule has 1 aromatic rings. The Hall–Kier alpha value is -1.66. The van der Waals surface area contributed by atoms with Crippen molar-refractivity contribution in [3.63, 3.8) is 0 Å². The molecule has 3 nitrogen and oxygen atoms in total. The lowest BCUT2D eigenvalue weighted by Gasteiger charge is -2.22. The normalized spacial score (nSPS) is 14.7. The molecule has 0 aromatic heterocycles. The predicted molar refractivity (Wildman–Crippen MR) is 76.5 cm³/mol. The van der Waals surface area contributed by atoms with Crippen LogP contribution in [0.4, 0.5) is 0 Å². The third-order valence-corrected chi connectivity index (χ3v) is 3.19. The van der Waals surface area contributed by atoms with Gasteiger partial charge in [-0.15, -0.1) is 12.3 Å². The van der Waals surface area contributed by atoms with Crippen molar-refractivity contribution in [2.24, 2.45) is 0 Å². The second-order valence-electron chi connectivity index (χ2n) is 4.65. The van der Waals surface area contributed by atoms with Crippen molar-refractivity contribution >= 4 is 0 Å². The van der Waals surface area contributed by atoms with Crippen LogP contribution in [-0.4, -0.2) is 19.8 Å². The third kappa shape index (κ3) is 3.65. The Bertz CT molecular complexity index is 451.